The topological polar surface area (TPSA) is 91.7 Å². The van der Waals surface area contributed by atoms with Gasteiger partial charge in [-0.2, -0.15) is 0 Å². The largest absolute Gasteiger partial charge is 0.497 e. The molecule has 8 nitrogen and oxygen atoms in total. The predicted molar refractivity (Wildman–Crippen MR) is 151 cm³/mol. The number of hydrogen-bond acceptors (Lipinski definition) is 7. The molecular formula is C28H28ClN3O5S. The van der Waals surface area contributed by atoms with Gasteiger partial charge in [-0.15, -0.1) is 0 Å². The number of amides is 1. The Morgan fingerprint density at radius 3 is 2.39 bits per heavy atom. The van der Waals surface area contributed by atoms with E-state index >= 15 is 0 Å². The number of thioether (sulfide) groups is 1. The van der Waals surface area contributed by atoms with Crippen molar-refractivity contribution in [3.05, 3.63) is 81.6 Å². The second-order valence-corrected chi connectivity index (χ2v) is 9.98. The molecule has 0 aliphatic rings. The Hall–Kier alpha value is -3.69. The van der Waals surface area contributed by atoms with Crippen LogP contribution in [0, 0.1) is 0 Å². The molecule has 0 saturated heterocycles. The normalized spacial score (nSPS) is 11.7. The van der Waals surface area contributed by atoms with Gasteiger partial charge in [-0.05, 0) is 42.3 Å². The van der Waals surface area contributed by atoms with Crippen LogP contribution in [0.2, 0.25) is 5.02 Å². The van der Waals surface area contributed by atoms with Gasteiger partial charge in [0.15, 0.2) is 16.7 Å². The number of benzene rings is 3. The Bertz CT molecular complexity index is 1510. The number of aromatic nitrogens is 2. The van der Waals surface area contributed by atoms with Crippen molar-refractivity contribution in [2.75, 3.05) is 26.6 Å². The molecule has 0 radical (unpaired) electrons. The number of carbonyl (C=O) groups excluding carboxylic acids is 1. The van der Waals surface area contributed by atoms with Crippen LogP contribution in [0.1, 0.15) is 18.9 Å². The van der Waals surface area contributed by atoms with E-state index in [0.717, 1.165) is 5.56 Å². The summed E-state index contributed by atoms with van der Waals surface area (Å²) in [6, 6.07) is 17.7. The fraction of sp³-hybridized carbons (Fsp3) is 0.250. The number of halogens is 1. The maximum atomic E-state index is 13.8. The summed E-state index contributed by atoms with van der Waals surface area (Å²) >= 11 is 7.30. The third-order valence-corrected chi connectivity index (χ3v) is 7.53. The van der Waals surface area contributed by atoms with Gasteiger partial charge in [-0.25, -0.2) is 4.98 Å². The zero-order valence-electron chi connectivity index (χ0n) is 21.5. The van der Waals surface area contributed by atoms with Crippen molar-refractivity contribution in [2.24, 2.45) is 0 Å². The highest BCUT2D eigenvalue weighted by Gasteiger charge is 2.23. The quantitative estimate of drug-likeness (QED) is 0.201. The third kappa shape index (κ3) is 6.06. The summed E-state index contributed by atoms with van der Waals surface area (Å²) in [5.74, 6) is 1.33. The molecule has 0 saturated carbocycles. The number of nitrogens with zero attached hydrogens (tertiary/aromatic N) is 2. The molecular weight excluding hydrogens is 526 g/mol. The molecule has 0 unspecified atom stereocenters. The van der Waals surface area contributed by atoms with Gasteiger partial charge >= 0.3 is 0 Å². The van der Waals surface area contributed by atoms with Crippen LogP contribution in [-0.4, -0.2) is 42.0 Å². The number of anilines is 1. The van der Waals surface area contributed by atoms with E-state index in [1.54, 1.807) is 60.2 Å². The summed E-state index contributed by atoms with van der Waals surface area (Å²) in [5.41, 5.74) is 1.69. The van der Waals surface area contributed by atoms with E-state index in [2.05, 4.69) is 5.32 Å². The van der Waals surface area contributed by atoms with Crippen LogP contribution in [0.5, 0.6) is 17.2 Å². The molecule has 1 amide bonds. The Morgan fingerprint density at radius 2 is 1.74 bits per heavy atom. The van der Waals surface area contributed by atoms with E-state index in [0.29, 0.717) is 50.4 Å². The minimum Gasteiger partial charge on any atom is -0.497 e. The Labute approximate surface area is 229 Å². The van der Waals surface area contributed by atoms with Crippen LogP contribution in [-0.2, 0) is 11.3 Å². The van der Waals surface area contributed by atoms with Crippen LogP contribution in [0.15, 0.2) is 70.6 Å². The maximum absolute atomic E-state index is 13.8. The summed E-state index contributed by atoms with van der Waals surface area (Å²) in [5, 5.41) is 3.83. The van der Waals surface area contributed by atoms with Gasteiger partial charge in [0.2, 0.25) is 5.91 Å². The van der Waals surface area contributed by atoms with Crippen molar-refractivity contribution in [1.82, 2.24) is 9.55 Å². The van der Waals surface area contributed by atoms with Crippen LogP contribution in [0.4, 0.5) is 5.69 Å². The van der Waals surface area contributed by atoms with E-state index in [-0.39, 0.29) is 18.0 Å². The molecule has 1 aromatic heterocycles. The lowest BCUT2D eigenvalue weighted by molar-refractivity contribution is -0.115. The van der Waals surface area contributed by atoms with E-state index in [1.807, 2.05) is 19.1 Å². The molecule has 0 aliphatic carbocycles. The van der Waals surface area contributed by atoms with Crippen LogP contribution < -0.4 is 25.1 Å². The molecule has 4 rings (SSSR count). The molecule has 1 N–H and O–H groups in total. The van der Waals surface area contributed by atoms with E-state index in [1.165, 1.54) is 26.0 Å². The molecule has 0 fully saturated rings. The smallest absolute Gasteiger partial charge is 0.262 e. The average Bonchev–Trinajstić information content (AvgIpc) is 2.93. The molecule has 0 bridgehead atoms. The Kier molecular flexibility index (Phi) is 8.81. The molecule has 10 heteroatoms. The second kappa shape index (κ2) is 12.2. The molecule has 4 aromatic rings. The lowest BCUT2D eigenvalue weighted by Gasteiger charge is -2.19. The Morgan fingerprint density at radius 1 is 1.03 bits per heavy atom. The molecule has 0 spiro atoms. The minimum absolute atomic E-state index is 0.203. The second-order valence-electron chi connectivity index (χ2n) is 8.37. The number of methoxy groups -OCH3 is 3. The van der Waals surface area contributed by atoms with Crippen molar-refractivity contribution in [3.8, 4) is 17.2 Å². The fourth-order valence-corrected chi connectivity index (χ4v) is 5.04. The maximum Gasteiger partial charge on any atom is 0.262 e. The van der Waals surface area contributed by atoms with Crippen LogP contribution in [0.3, 0.4) is 0 Å². The molecule has 3 aromatic carbocycles. The standard InChI is InChI=1S/C28H28ClN3O5S/c1-5-25(26(33)30-19-7-6-8-20(13-19)35-2)38-28-31-22-15-24(37-4)23(36-3)14-21(22)27(34)32(28)16-17-9-11-18(29)12-10-17/h6-15,25H,5,16H2,1-4H3,(H,30,33)/t25-/m0/s1. The van der Waals surface area contributed by atoms with Crippen LogP contribution >= 0.6 is 23.4 Å². The summed E-state index contributed by atoms with van der Waals surface area (Å²) in [6.07, 6.45) is 0.515. The van der Waals surface area contributed by atoms with Gasteiger partial charge in [0, 0.05) is 22.8 Å². The van der Waals surface area contributed by atoms with Gasteiger partial charge in [0.1, 0.15) is 5.75 Å². The first-order chi connectivity index (χ1) is 18.4. The summed E-state index contributed by atoms with van der Waals surface area (Å²) < 4.78 is 17.7. The first-order valence-electron chi connectivity index (χ1n) is 11.9. The highest BCUT2D eigenvalue weighted by molar-refractivity contribution is 8.00. The SMILES string of the molecule is CC[C@H](Sc1nc2cc(OC)c(OC)cc2c(=O)n1Cc1ccc(Cl)cc1)C(=O)Nc1cccc(OC)c1. The first-order valence-corrected chi connectivity index (χ1v) is 13.1. The van der Waals surface area contributed by atoms with Gasteiger partial charge in [-0.1, -0.05) is 48.5 Å². The molecule has 1 atom stereocenters. The van der Waals surface area contributed by atoms with E-state index < -0.39 is 5.25 Å². The minimum atomic E-state index is -0.512. The van der Waals surface area contributed by atoms with Crippen molar-refractivity contribution < 1.29 is 19.0 Å². The number of hydrogen-bond donors (Lipinski definition) is 1. The van der Waals surface area contributed by atoms with Crippen molar-refractivity contribution in [1.29, 1.82) is 0 Å². The predicted octanol–water partition coefficient (Wildman–Crippen LogP) is 5.63. The van der Waals surface area contributed by atoms with Crippen molar-refractivity contribution in [2.45, 2.75) is 30.3 Å². The molecule has 38 heavy (non-hydrogen) atoms. The fourth-order valence-electron chi connectivity index (χ4n) is 3.90. The first kappa shape index (κ1) is 27.3. The molecule has 1 heterocycles. The van der Waals surface area contributed by atoms with Gasteiger partial charge in [-0.3, -0.25) is 14.2 Å². The Balaban J connectivity index is 1.76. The van der Waals surface area contributed by atoms with Crippen LogP contribution in [0.25, 0.3) is 10.9 Å². The lowest BCUT2D eigenvalue weighted by atomic mass is 10.2. The third-order valence-electron chi connectivity index (χ3n) is 5.93. The van der Waals surface area contributed by atoms with Gasteiger partial charge < -0.3 is 19.5 Å². The molecule has 0 aliphatic heterocycles. The number of rotatable bonds is 10. The monoisotopic (exact) mass is 553 g/mol. The molecule has 198 valence electrons. The number of nitrogens with one attached hydrogen (secondary N) is 1. The number of carbonyl (C=O) groups is 1. The van der Waals surface area contributed by atoms with Crippen molar-refractivity contribution in [3.63, 3.8) is 0 Å². The summed E-state index contributed by atoms with van der Waals surface area (Å²) in [4.78, 5) is 31.8. The average molecular weight is 554 g/mol. The highest BCUT2D eigenvalue weighted by atomic mass is 35.5. The van der Waals surface area contributed by atoms with E-state index in [9.17, 15) is 9.59 Å². The van der Waals surface area contributed by atoms with Gasteiger partial charge in [0.05, 0.1) is 44.0 Å². The number of ether oxygens (including phenoxy) is 3. The zero-order valence-corrected chi connectivity index (χ0v) is 23.1. The van der Waals surface area contributed by atoms with Crippen molar-refractivity contribution >= 4 is 45.9 Å². The summed E-state index contributed by atoms with van der Waals surface area (Å²) in [6.45, 7) is 2.17. The lowest BCUT2D eigenvalue weighted by Crippen LogP contribution is -2.28. The van der Waals surface area contributed by atoms with E-state index in [4.69, 9.17) is 30.8 Å². The zero-order chi connectivity index (χ0) is 27.2. The van der Waals surface area contributed by atoms with Gasteiger partial charge in [0.25, 0.3) is 5.56 Å². The summed E-state index contributed by atoms with van der Waals surface area (Å²) in [7, 11) is 4.61. The number of fused-ring (bicyclic) bond motifs is 1. The highest BCUT2D eigenvalue weighted by Crippen LogP contribution is 2.32.